The minimum atomic E-state index is -0.950. The van der Waals surface area contributed by atoms with Crippen molar-refractivity contribution >= 4 is 17.8 Å². The summed E-state index contributed by atoms with van der Waals surface area (Å²) in [7, 11) is 0. The number of amides is 2. The third kappa shape index (κ3) is 7.07. The van der Waals surface area contributed by atoms with Crippen molar-refractivity contribution < 1.29 is 19.1 Å². The van der Waals surface area contributed by atoms with Crippen LogP contribution in [-0.4, -0.2) is 30.4 Å². The molecule has 2 aromatic rings. The first-order chi connectivity index (χ1) is 13.7. The summed E-state index contributed by atoms with van der Waals surface area (Å²) in [4.78, 5) is 36.2. The highest BCUT2D eigenvalue weighted by Gasteiger charge is 2.19. The van der Waals surface area contributed by atoms with Gasteiger partial charge >= 0.3 is 5.97 Å². The molecular weight excluding hydrogens is 368 g/mol. The van der Waals surface area contributed by atoms with E-state index in [0.717, 1.165) is 11.1 Å². The van der Waals surface area contributed by atoms with Gasteiger partial charge in [0, 0.05) is 12.1 Å². The molecule has 2 amide bonds. The summed E-state index contributed by atoms with van der Waals surface area (Å²) in [5.74, 6) is -1.44. The van der Waals surface area contributed by atoms with Crippen LogP contribution < -0.4 is 10.6 Å². The van der Waals surface area contributed by atoms with Crippen LogP contribution in [0.2, 0.25) is 0 Å². The molecule has 0 radical (unpaired) electrons. The van der Waals surface area contributed by atoms with Crippen molar-refractivity contribution in [2.75, 3.05) is 6.54 Å². The van der Waals surface area contributed by atoms with Gasteiger partial charge in [0.05, 0.1) is 0 Å². The molecule has 0 aliphatic heterocycles. The Morgan fingerprint density at radius 2 is 1.55 bits per heavy atom. The van der Waals surface area contributed by atoms with Crippen LogP contribution in [-0.2, 0) is 26.3 Å². The van der Waals surface area contributed by atoms with Gasteiger partial charge in [0.1, 0.15) is 6.54 Å². The maximum Gasteiger partial charge on any atom is 0.326 e. The lowest BCUT2D eigenvalue weighted by Gasteiger charge is -2.19. The largest absolute Gasteiger partial charge is 0.451 e. The van der Waals surface area contributed by atoms with E-state index >= 15 is 0 Å². The Bertz CT molecular complexity index is 839. The molecule has 0 fully saturated rings. The molecule has 2 N–H and O–H groups in total. The highest BCUT2D eigenvalue weighted by Crippen LogP contribution is 2.22. The predicted octanol–water partition coefficient (Wildman–Crippen LogP) is 2.96. The number of carbonyl (C=O) groups is 3. The van der Waals surface area contributed by atoms with E-state index in [1.165, 1.54) is 6.92 Å². The van der Waals surface area contributed by atoms with E-state index in [1.807, 2.05) is 42.5 Å². The highest BCUT2D eigenvalue weighted by molar-refractivity contribution is 5.96. The van der Waals surface area contributed by atoms with Crippen LogP contribution in [0.4, 0.5) is 0 Å². The summed E-state index contributed by atoms with van der Waals surface area (Å²) in [6, 6.07) is 16.7. The van der Waals surface area contributed by atoms with Crippen molar-refractivity contribution in [2.45, 2.75) is 45.8 Å². The first-order valence-corrected chi connectivity index (χ1v) is 9.56. The molecule has 0 aromatic heterocycles. The van der Waals surface area contributed by atoms with Crippen LogP contribution >= 0.6 is 0 Å². The van der Waals surface area contributed by atoms with Crippen LogP contribution in [0, 0.1) is 0 Å². The molecule has 154 valence electrons. The van der Waals surface area contributed by atoms with Gasteiger partial charge in [-0.15, -0.1) is 0 Å². The third-order valence-electron chi connectivity index (χ3n) is 4.39. The molecule has 0 aliphatic rings. The number of nitrogens with one attached hydrogen (secondary N) is 2. The molecule has 1 unspecified atom stereocenters. The zero-order valence-corrected chi connectivity index (χ0v) is 17.3. The van der Waals surface area contributed by atoms with Crippen molar-refractivity contribution in [1.29, 1.82) is 0 Å². The van der Waals surface area contributed by atoms with Gasteiger partial charge in [0.25, 0.3) is 11.8 Å². The van der Waals surface area contributed by atoms with Gasteiger partial charge in [-0.05, 0) is 35.6 Å². The molecule has 0 spiro atoms. The fourth-order valence-electron chi connectivity index (χ4n) is 2.60. The Labute approximate surface area is 171 Å². The molecule has 0 heterocycles. The Morgan fingerprint density at radius 1 is 0.931 bits per heavy atom. The third-order valence-corrected chi connectivity index (χ3v) is 4.39. The zero-order chi connectivity index (χ0) is 21.4. The second kappa shape index (κ2) is 9.87. The summed E-state index contributed by atoms with van der Waals surface area (Å²) < 4.78 is 5.08. The molecule has 1 atom stereocenters. The smallest absolute Gasteiger partial charge is 0.326 e. The van der Waals surface area contributed by atoms with Crippen molar-refractivity contribution in [2.24, 2.45) is 0 Å². The number of hydrogen-bond acceptors (Lipinski definition) is 4. The summed E-state index contributed by atoms with van der Waals surface area (Å²) in [6.45, 7) is 7.81. The molecular formula is C23H28N2O4. The molecule has 29 heavy (non-hydrogen) atoms. The van der Waals surface area contributed by atoms with Crippen molar-refractivity contribution in [1.82, 2.24) is 10.6 Å². The number of rotatable bonds is 7. The van der Waals surface area contributed by atoms with Crippen molar-refractivity contribution in [3.8, 4) is 0 Å². The number of carbonyl (C=O) groups excluding carboxylic acids is 3. The van der Waals surface area contributed by atoms with Gasteiger partial charge in [0.15, 0.2) is 6.10 Å². The molecule has 0 saturated carbocycles. The summed E-state index contributed by atoms with van der Waals surface area (Å²) >= 11 is 0. The van der Waals surface area contributed by atoms with Gasteiger partial charge in [-0.2, -0.15) is 0 Å². The van der Waals surface area contributed by atoms with Gasteiger partial charge in [-0.3, -0.25) is 14.4 Å². The van der Waals surface area contributed by atoms with Gasteiger partial charge < -0.3 is 15.4 Å². The number of hydrogen-bond donors (Lipinski definition) is 2. The Kier molecular flexibility index (Phi) is 7.53. The van der Waals surface area contributed by atoms with E-state index in [9.17, 15) is 14.4 Å². The first-order valence-electron chi connectivity index (χ1n) is 9.56. The summed E-state index contributed by atoms with van der Waals surface area (Å²) in [5.41, 5.74) is 2.52. The first kappa shape index (κ1) is 22.1. The quantitative estimate of drug-likeness (QED) is 0.705. The van der Waals surface area contributed by atoms with Crippen LogP contribution in [0.3, 0.4) is 0 Å². The molecule has 0 aliphatic carbocycles. The molecule has 0 bridgehead atoms. The van der Waals surface area contributed by atoms with E-state index in [1.54, 1.807) is 12.1 Å². The van der Waals surface area contributed by atoms with E-state index in [0.29, 0.717) is 12.1 Å². The highest BCUT2D eigenvalue weighted by atomic mass is 16.5. The predicted molar refractivity (Wildman–Crippen MR) is 111 cm³/mol. The van der Waals surface area contributed by atoms with E-state index in [4.69, 9.17) is 4.74 Å². The second-order valence-electron chi connectivity index (χ2n) is 7.85. The van der Waals surface area contributed by atoms with Gasteiger partial charge in [-0.1, -0.05) is 63.2 Å². The molecule has 0 saturated heterocycles. The number of esters is 1. The molecule has 6 heteroatoms. The Morgan fingerprint density at radius 3 is 2.14 bits per heavy atom. The average Bonchev–Trinajstić information content (AvgIpc) is 2.70. The zero-order valence-electron chi connectivity index (χ0n) is 17.3. The number of ether oxygens (including phenoxy) is 1. The average molecular weight is 396 g/mol. The summed E-state index contributed by atoms with van der Waals surface area (Å²) in [5, 5.41) is 5.22. The fraction of sp³-hybridized carbons (Fsp3) is 0.348. The Balaban J connectivity index is 1.76. The van der Waals surface area contributed by atoms with E-state index in [-0.39, 0.29) is 17.9 Å². The minimum absolute atomic E-state index is 0.00393. The van der Waals surface area contributed by atoms with Crippen LogP contribution in [0.25, 0.3) is 0 Å². The minimum Gasteiger partial charge on any atom is -0.451 e. The van der Waals surface area contributed by atoms with Gasteiger partial charge in [-0.25, -0.2) is 0 Å². The lowest BCUT2D eigenvalue weighted by Crippen LogP contribution is -2.38. The molecule has 6 nitrogen and oxygen atoms in total. The van der Waals surface area contributed by atoms with Crippen LogP contribution in [0.1, 0.15) is 49.2 Å². The van der Waals surface area contributed by atoms with E-state index in [2.05, 4.69) is 31.4 Å². The summed E-state index contributed by atoms with van der Waals surface area (Å²) in [6.07, 6.45) is -0.950. The lowest BCUT2D eigenvalue weighted by molar-refractivity contribution is -0.153. The SMILES string of the molecule is CC(OC(=O)CNC(=O)c1ccc(C(C)(C)C)cc1)C(=O)NCc1ccccc1. The molecule has 2 aromatic carbocycles. The van der Waals surface area contributed by atoms with Crippen molar-refractivity contribution in [3.63, 3.8) is 0 Å². The monoisotopic (exact) mass is 396 g/mol. The maximum absolute atomic E-state index is 12.2. The van der Waals surface area contributed by atoms with Crippen molar-refractivity contribution in [3.05, 3.63) is 71.3 Å². The lowest BCUT2D eigenvalue weighted by atomic mass is 9.87. The van der Waals surface area contributed by atoms with Gasteiger partial charge in [0.2, 0.25) is 0 Å². The Hall–Kier alpha value is -3.15. The van der Waals surface area contributed by atoms with Crippen LogP contribution in [0.15, 0.2) is 54.6 Å². The standard InChI is InChI=1S/C23H28N2O4/c1-16(21(27)24-14-17-8-6-5-7-9-17)29-20(26)15-25-22(28)18-10-12-19(13-11-18)23(2,3)4/h5-13,16H,14-15H2,1-4H3,(H,24,27)(H,25,28). The molecule has 2 rings (SSSR count). The maximum atomic E-state index is 12.2. The normalized spacial score (nSPS) is 12.0. The fourth-order valence-corrected chi connectivity index (χ4v) is 2.60. The van der Waals surface area contributed by atoms with Crippen LogP contribution in [0.5, 0.6) is 0 Å². The van der Waals surface area contributed by atoms with E-state index < -0.39 is 18.0 Å². The number of benzene rings is 2. The second-order valence-corrected chi connectivity index (χ2v) is 7.85. The topological polar surface area (TPSA) is 84.5 Å².